The molecule has 140 valence electrons. The van der Waals surface area contributed by atoms with Crippen LogP contribution >= 0.6 is 0 Å². The first-order valence-corrected chi connectivity index (χ1v) is 9.23. The molecule has 0 spiro atoms. The van der Waals surface area contributed by atoms with Gasteiger partial charge in [0, 0.05) is 34.8 Å². The van der Waals surface area contributed by atoms with E-state index in [-0.39, 0.29) is 5.91 Å². The molecule has 0 fully saturated rings. The van der Waals surface area contributed by atoms with Crippen LogP contribution in [0.3, 0.4) is 0 Å². The molecule has 2 aromatic heterocycles. The number of H-pyrrole nitrogens is 2. The number of imidazole rings is 2. The van der Waals surface area contributed by atoms with E-state index in [4.69, 9.17) is 0 Å². The summed E-state index contributed by atoms with van der Waals surface area (Å²) in [6.45, 7) is 0. The zero-order chi connectivity index (χ0) is 19.6. The molecule has 29 heavy (non-hydrogen) atoms. The van der Waals surface area contributed by atoms with E-state index < -0.39 is 0 Å². The Labute approximate surface area is 166 Å². The SMILES string of the molecule is O=C(Nc1cccc(-c2nc3ccccc3[nH]2)c1)c1ccc(-c2ncc[nH]2)cc1. The summed E-state index contributed by atoms with van der Waals surface area (Å²) in [5.74, 6) is 1.37. The molecular weight excluding hydrogens is 362 g/mol. The highest BCUT2D eigenvalue weighted by molar-refractivity contribution is 6.04. The van der Waals surface area contributed by atoms with Crippen LogP contribution in [0.15, 0.2) is 85.2 Å². The van der Waals surface area contributed by atoms with Crippen molar-refractivity contribution >= 4 is 22.6 Å². The average Bonchev–Trinajstić information content (AvgIpc) is 3.44. The second-order valence-corrected chi connectivity index (χ2v) is 6.65. The Balaban J connectivity index is 1.36. The van der Waals surface area contributed by atoms with Crippen molar-refractivity contribution in [2.24, 2.45) is 0 Å². The first kappa shape index (κ1) is 16.9. The molecule has 0 aliphatic rings. The summed E-state index contributed by atoms with van der Waals surface area (Å²) in [6.07, 6.45) is 3.47. The zero-order valence-corrected chi connectivity index (χ0v) is 15.4. The van der Waals surface area contributed by atoms with Gasteiger partial charge in [-0.2, -0.15) is 0 Å². The lowest BCUT2D eigenvalue weighted by molar-refractivity contribution is 0.102. The number of hydrogen-bond acceptors (Lipinski definition) is 3. The number of nitrogens with zero attached hydrogens (tertiary/aromatic N) is 2. The fourth-order valence-electron chi connectivity index (χ4n) is 3.24. The van der Waals surface area contributed by atoms with E-state index >= 15 is 0 Å². The Morgan fingerprint density at radius 3 is 2.52 bits per heavy atom. The maximum atomic E-state index is 12.6. The molecule has 0 saturated carbocycles. The summed E-state index contributed by atoms with van der Waals surface area (Å²) >= 11 is 0. The van der Waals surface area contributed by atoms with Crippen LogP contribution in [-0.2, 0) is 0 Å². The van der Waals surface area contributed by atoms with Crippen LogP contribution in [0.5, 0.6) is 0 Å². The van der Waals surface area contributed by atoms with Gasteiger partial charge >= 0.3 is 0 Å². The van der Waals surface area contributed by atoms with Gasteiger partial charge in [-0.15, -0.1) is 0 Å². The summed E-state index contributed by atoms with van der Waals surface area (Å²) in [7, 11) is 0. The topological polar surface area (TPSA) is 86.5 Å². The molecule has 6 heteroatoms. The van der Waals surface area contributed by atoms with E-state index in [9.17, 15) is 4.79 Å². The Morgan fingerprint density at radius 1 is 0.862 bits per heavy atom. The lowest BCUT2D eigenvalue weighted by atomic mass is 10.1. The van der Waals surface area contributed by atoms with E-state index in [0.29, 0.717) is 11.3 Å². The van der Waals surface area contributed by atoms with Crippen LogP contribution in [0.2, 0.25) is 0 Å². The third-order valence-electron chi connectivity index (χ3n) is 4.70. The molecule has 2 heterocycles. The Hall–Kier alpha value is -4.19. The summed E-state index contributed by atoms with van der Waals surface area (Å²) < 4.78 is 0. The standard InChI is InChI=1S/C23H17N5O/c29-23(16-10-8-15(9-11-16)21-24-12-13-25-21)26-18-5-3-4-17(14-18)22-27-19-6-1-2-7-20(19)28-22/h1-14H,(H,24,25)(H,26,29)(H,27,28). The number of rotatable bonds is 4. The normalized spacial score (nSPS) is 10.9. The highest BCUT2D eigenvalue weighted by atomic mass is 16.1. The molecule has 0 bridgehead atoms. The van der Waals surface area contributed by atoms with Crippen molar-refractivity contribution in [3.63, 3.8) is 0 Å². The van der Waals surface area contributed by atoms with Gasteiger partial charge in [-0.25, -0.2) is 9.97 Å². The minimum Gasteiger partial charge on any atom is -0.345 e. The number of amides is 1. The smallest absolute Gasteiger partial charge is 0.255 e. The summed E-state index contributed by atoms with van der Waals surface area (Å²) in [5, 5.41) is 2.95. The second-order valence-electron chi connectivity index (χ2n) is 6.65. The van der Waals surface area contributed by atoms with E-state index in [1.54, 1.807) is 24.5 Å². The van der Waals surface area contributed by atoms with Crippen molar-refractivity contribution in [1.82, 2.24) is 19.9 Å². The molecule has 0 aliphatic heterocycles. The first-order valence-electron chi connectivity index (χ1n) is 9.23. The number of carbonyl (C=O) groups is 1. The Morgan fingerprint density at radius 2 is 1.72 bits per heavy atom. The van der Waals surface area contributed by atoms with Gasteiger partial charge in [-0.3, -0.25) is 4.79 Å². The lowest BCUT2D eigenvalue weighted by Gasteiger charge is -2.07. The predicted octanol–water partition coefficient (Wildman–Crippen LogP) is 4.87. The molecule has 3 N–H and O–H groups in total. The van der Waals surface area contributed by atoms with Crippen molar-refractivity contribution in [2.75, 3.05) is 5.32 Å². The van der Waals surface area contributed by atoms with Crippen molar-refractivity contribution in [3.8, 4) is 22.8 Å². The highest BCUT2D eigenvalue weighted by Crippen LogP contribution is 2.23. The minimum absolute atomic E-state index is 0.169. The monoisotopic (exact) mass is 379 g/mol. The van der Waals surface area contributed by atoms with Crippen molar-refractivity contribution in [3.05, 3.63) is 90.8 Å². The zero-order valence-electron chi connectivity index (χ0n) is 15.4. The van der Waals surface area contributed by atoms with Crippen LogP contribution in [-0.4, -0.2) is 25.8 Å². The minimum atomic E-state index is -0.169. The Bertz CT molecular complexity index is 1250. The van der Waals surface area contributed by atoms with Gasteiger partial charge in [0.2, 0.25) is 0 Å². The van der Waals surface area contributed by atoms with Gasteiger partial charge < -0.3 is 15.3 Å². The van der Waals surface area contributed by atoms with Gasteiger partial charge in [0.15, 0.2) is 0 Å². The molecule has 0 unspecified atom stereocenters. The van der Waals surface area contributed by atoms with Crippen LogP contribution in [0.4, 0.5) is 5.69 Å². The van der Waals surface area contributed by atoms with Crippen LogP contribution in [0.25, 0.3) is 33.8 Å². The van der Waals surface area contributed by atoms with Crippen molar-refractivity contribution < 1.29 is 4.79 Å². The average molecular weight is 379 g/mol. The van der Waals surface area contributed by atoms with E-state index in [1.807, 2.05) is 60.7 Å². The van der Waals surface area contributed by atoms with Crippen LogP contribution in [0, 0.1) is 0 Å². The second kappa shape index (κ2) is 7.09. The third-order valence-corrected chi connectivity index (χ3v) is 4.70. The molecule has 0 saturated heterocycles. The number of nitrogens with one attached hydrogen (secondary N) is 3. The quantitative estimate of drug-likeness (QED) is 0.416. The number of hydrogen-bond donors (Lipinski definition) is 3. The van der Waals surface area contributed by atoms with Gasteiger partial charge in [0.05, 0.1) is 11.0 Å². The van der Waals surface area contributed by atoms with Gasteiger partial charge in [0.25, 0.3) is 5.91 Å². The van der Waals surface area contributed by atoms with E-state index in [2.05, 4.69) is 25.3 Å². The number of benzene rings is 3. The van der Waals surface area contributed by atoms with Crippen LogP contribution in [0.1, 0.15) is 10.4 Å². The molecule has 3 aromatic carbocycles. The largest absolute Gasteiger partial charge is 0.345 e. The molecule has 0 atom stereocenters. The van der Waals surface area contributed by atoms with E-state index in [0.717, 1.165) is 33.8 Å². The number of aromatic nitrogens is 4. The number of anilines is 1. The number of para-hydroxylation sites is 2. The van der Waals surface area contributed by atoms with Gasteiger partial charge in [-0.05, 0) is 36.4 Å². The number of carbonyl (C=O) groups excluding carboxylic acids is 1. The summed E-state index contributed by atoms with van der Waals surface area (Å²) in [5.41, 5.74) is 5.02. The molecule has 6 nitrogen and oxygen atoms in total. The molecule has 5 rings (SSSR count). The predicted molar refractivity (Wildman–Crippen MR) is 114 cm³/mol. The van der Waals surface area contributed by atoms with E-state index in [1.165, 1.54) is 0 Å². The number of aromatic amines is 2. The fourth-order valence-corrected chi connectivity index (χ4v) is 3.24. The van der Waals surface area contributed by atoms with Crippen LogP contribution < -0.4 is 5.32 Å². The van der Waals surface area contributed by atoms with Gasteiger partial charge in [0.1, 0.15) is 11.6 Å². The van der Waals surface area contributed by atoms with Crippen molar-refractivity contribution in [2.45, 2.75) is 0 Å². The lowest BCUT2D eigenvalue weighted by Crippen LogP contribution is -2.11. The summed E-state index contributed by atoms with van der Waals surface area (Å²) in [4.78, 5) is 27.8. The number of fused-ring (bicyclic) bond motifs is 1. The highest BCUT2D eigenvalue weighted by Gasteiger charge is 2.10. The molecule has 0 aliphatic carbocycles. The van der Waals surface area contributed by atoms with Crippen molar-refractivity contribution in [1.29, 1.82) is 0 Å². The molecule has 5 aromatic rings. The molecule has 1 amide bonds. The maximum Gasteiger partial charge on any atom is 0.255 e. The molecular formula is C23H17N5O. The Kier molecular flexibility index (Phi) is 4.14. The third kappa shape index (κ3) is 3.39. The molecule has 0 radical (unpaired) electrons. The fraction of sp³-hybridized carbons (Fsp3) is 0. The summed E-state index contributed by atoms with van der Waals surface area (Å²) in [6, 6.07) is 22.8. The van der Waals surface area contributed by atoms with Gasteiger partial charge in [-0.1, -0.05) is 36.4 Å². The maximum absolute atomic E-state index is 12.6. The first-order chi connectivity index (χ1) is 14.3.